The van der Waals surface area contributed by atoms with Gasteiger partial charge in [0.05, 0.1) is 11.8 Å². The van der Waals surface area contributed by atoms with Gasteiger partial charge >= 0.3 is 0 Å². The fourth-order valence-electron chi connectivity index (χ4n) is 1.54. The van der Waals surface area contributed by atoms with Crippen LogP contribution in [-0.2, 0) is 13.5 Å². The lowest BCUT2D eigenvalue weighted by atomic mass is 10.2. The van der Waals surface area contributed by atoms with E-state index in [1.165, 1.54) is 0 Å². The first-order valence-electron chi connectivity index (χ1n) is 5.40. The molecule has 1 heterocycles. The summed E-state index contributed by atoms with van der Waals surface area (Å²) in [5.41, 5.74) is 2.07. The summed E-state index contributed by atoms with van der Waals surface area (Å²) < 4.78 is 1.83. The Morgan fingerprint density at radius 2 is 2.20 bits per heavy atom. The van der Waals surface area contributed by atoms with E-state index in [1.807, 2.05) is 24.7 Å². The first-order valence-corrected chi connectivity index (χ1v) is 5.40. The highest BCUT2D eigenvalue weighted by molar-refractivity contribution is 5.09. The van der Waals surface area contributed by atoms with Gasteiger partial charge in [-0.1, -0.05) is 13.8 Å². The van der Waals surface area contributed by atoms with Gasteiger partial charge in [-0.05, 0) is 13.0 Å². The van der Waals surface area contributed by atoms with Crippen LogP contribution in [0.2, 0.25) is 0 Å². The lowest BCUT2D eigenvalue weighted by molar-refractivity contribution is 0.166. The second-order valence-corrected chi connectivity index (χ2v) is 4.32. The number of nitrogens with zero attached hydrogens (tertiary/aromatic N) is 2. The largest absolute Gasteiger partial charge is 0.391 e. The van der Waals surface area contributed by atoms with E-state index in [4.69, 9.17) is 0 Å². The summed E-state index contributed by atoms with van der Waals surface area (Å²) in [5, 5.41) is 17.2. The van der Waals surface area contributed by atoms with Crippen molar-refractivity contribution in [3.8, 4) is 0 Å². The Morgan fingerprint density at radius 1 is 1.53 bits per heavy atom. The van der Waals surface area contributed by atoms with Crippen molar-refractivity contribution in [2.75, 3.05) is 6.54 Å². The Kier molecular flexibility index (Phi) is 4.29. The molecule has 0 radical (unpaired) electrons. The van der Waals surface area contributed by atoms with Crippen LogP contribution in [-0.4, -0.2) is 33.6 Å². The molecule has 0 bridgehead atoms. The van der Waals surface area contributed by atoms with Crippen molar-refractivity contribution >= 4 is 0 Å². The van der Waals surface area contributed by atoms with Crippen LogP contribution in [0.1, 0.15) is 25.2 Å². The fourth-order valence-corrected chi connectivity index (χ4v) is 1.54. The predicted molar refractivity (Wildman–Crippen MR) is 60.8 cm³/mol. The molecule has 0 saturated heterocycles. The molecule has 2 N–H and O–H groups in total. The molecule has 1 atom stereocenters. The summed E-state index contributed by atoms with van der Waals surface area (Å²) in [7, 11) is 1.91. The quantitative estimate of drug-likeness (QED) is 0.751. The van der Waals surface area contributed by atoms with Crippen molar-refractivity contribution in [1.29, 1.82) is 0 Å². The minimum atomic E-state index is -0.345. The average molecular weight is 211 g/mol. The topological polar surface area (TPSA) is 50.1 Å². The van der Waals surface area contributed by atoms with Gasteiger partial charge in [0.2, 0.25) is 0 Å². The van der Waals surface area contributed by atoms with Crippen LogP contribution in [0.4, 0.5) is 0 Å². The maximum absolute atomic E-state index is 9.78. The Bertz CT molecular complexity index is 307. The molecule has 0 aliphatic rings. The van der Waals surface area contributed by atoms with Crippen molar-refractivity contribution < 1.29 is 5.11 Å². The van der Waals surface area contributed by atoms with Gasteiger partial charge in [-0.25, -0.2) is 0 Å². The molecule has 1 unspecified atom stereocenters. The van der Waals surface area contributed by atoms with Crippen molar-refractivity contribution in [1.82, 2.24) is 15.1 Å². The monoisotopic (exact) mass is 211 g/mol. The van der Waals surface area contributed by atoms with E-state index in [-0.39, 0.29) is 6.10 Å². The molecule has 15 heavy (non-hydrogen) atoms. The van der Waals surface area contributed by atoms with Crippen LogP contribution < -0.4 is 5.32 Å². The van der Waals surface area contributed by atoms with Crippen molar-refractivity contribution in [3.63, 3.8) is 0 Å². The van der Waals surface area contributed by atoms with E-state index in [0.29, 0.717) is 19.0 Å². The van der Waals surface area contributed by atoms with E-state index >= 15 is 0 Å². The molecule has 4 heteroatoms. The van der Waals surface area contributed by atoms with Gasteiger partial charge in [0.1, 0.15) is 0 Å². The molecule has 1 rings (SSSR count). The lowest BCUT2D eigenvalue weighted by Gasteiger charge is -2.13. The van der Waals surface area contributed by atoms with E-state index in [1.54, 1.807) is 0 Å². The Labute approximate surface area is 91.3 Å². The Morgan fingerprint density at radius 3 is 2.67 bits per heavy atom. The summed E-state index contributed by atoms with van der Waals surface area (Å²) in [6.07, 6.45) is 0.305. The van der Waals surface area contributed by atoms with Gasteiger partial charge in [0, 0.05) is 31.7 Å². The number of hydrogen-bond donors (Lipinski definition) is 2. The van der Waals surface area contributed by atoms with E-state index in [9.17, 15) is 5.11 Å². The zero-order chi connectivity index (χ0) is 11.4. The highest BCUT2D eigenvalue weighted by Gasteiger charge is 2.09. The second kappa shape index (κ2) is 5.28. The van der Waals surface area contributed by atoms with Gasteiger partial charge < -0.3 is 10.4 Å². The molecular weight excluding hydrogens is 190 g/mol. The maximum atomic E-state index is 9.78. The Hall–Kier alpha value is -0.870. The normalized spacial score (nSPS) is 13.5. The van der Waals surface area contributed by atoms with Crippen LogP contribution in [0.25, 0.3) is 0 Å². The second-order valence-electron chi connectivity index (χ2n) is 4.32. The van der Waals surface area contributed by atoms with E-state index < -0.39 is 0 Å². The molecule has 86 valence electrons. The molecule has 0 aliphatic heterocycles. The standard InChI is InChI=1S/C11H21N3O/c1-8(2)12-7-11(15)6-10-5-9(3)13-14(10)4/h5,8,11-12,15H,6-7H2,1-4H3. The SMILES string of the molecule is Cc1cc(CC(O)CNC(C)C)n(C)n1. The molecule has 1 aromatic rings. The third kappa shape index (κ3) is 4.01. The maximum Gasteiger partial charge on any atom is 0.0719 e. The van der Waals surface area contributed by atoms with Gasteiger partial charge in [0.25, 0.3) is 0 Å². The fraction of sp³-hybridized carbons (Fsp3) is 0.727. The minimum absolute atomic E-state index is 0.345. The summed E-state index contributed by atoms with van der Waals surface area (Å²) in [5.74, 6) is 0. The number of nitrogens with one attached hydrogen (secondary N) is 1. The number of rotatable bonds is 5. The van der Waals surface area contributed by atoms with E-state index in [0.717, 1.165) is 11.4 Å². The Balaban J connectivity index is 2.44. The number of aliphatic hydroxyl groups is 1. The lowest BCUT2D eigenvalue weighted by Crippen LogP contribution is -2.33. The third-order valence-corrected chi connectivity index (χ3v) is 2.31. The first kappa shape index (κ1) is 12.2. The number of aryl methyl sites for hydroxylation is 2. The van der Waals surface area contributed by atoms with Crippen LogP contribution in [0, 0.1) is 6.92 Å². The first-order chi connectivity index (χ1) is 6.99. The van der Waals surface area contributed by atoms with Crippen LogP contribution in [0.15, 0.2) is 6.07 Å². The minimum Gasteiger partial charge on any atom is -0.391 e. The average Bonchev–Trinajstić information content (AvgIpc) is 2.42. The van der Waals surface area contributed by atoms with Gasteiger partial charge in [-0.3, -0.25) is 4.68 Å². The molecule has 0 aliphatic carbocycles. The van der Waals surface area contributed by atoms with Gasteiger partial charge in [-0.15, -0.1) is 0 Å². The smallest absolute Gasteiger partial charge is 0.0719 e. The number of aromatic nitrogens is 2. The number of hydrogen-bond acceptors (Lipinski definition) is 3. The number of aliphatic hydroxyl groups excluding tert-OH is 1. The van der Waals surface area contributed by atoms with Gasteiger partial charge in [0.15, 0.2) is 0 Å². The molecule has 0 aromatic carbocycles. The summed E-state index contributed by atoms with van der Waals surface area (Å²) in [6, 6.07) is 2.42. The van der Waals surface area contributed by atoms with Crippen molar-refractivity contribution in [2.24, 2.45) is 7.05 Å². The highest BCUT2D eigenvalue weighted by Crippen LogP contribution is 2.05. The van der Waals surface area contributed by atoms with Crippen LogP contribution in [0.5, 0.6) is 0 Å². The molecule has 4 nitrogen and oxygen atoms in total. The summed E-state index contributed by atoms with van der Waals surface area (Å²) in [6.45, 7) is 6.73. The summed E-state index contributed by atoms with van der Waals surface area (Å²) in [4.78, 5) is 0. The van der Waals surface area contributed by atoms with E-state index in [2.05, 4.69) is 24.3 Å². The molecular formula is C11H21N3O. The zero-order valence-corrected chi connectivity index (χ0v) is 9.99. The highest BCUT2D eigenvalue weighted by atomic mass is 16.3. The zero-order valence-electron chi connectivity index (χ0n) is 9.99. The van der Waals surface area contributed by atoms with Gasteiger partial charge in [-0.2, -0.15) is 5.10 Å². The molecule has 0 amide bonds. The van der Waals surface area contributed by atoms with Crippen molar-refractivity contribution in [3.05, 3.63) is 17.5 Å². The molecule has 0 spiro atoms. The molecule has 0 saturated carbocycles. The third-order valence-electron chi connectivity index (χ3n) is 2.31. The van der Waals surface area contributed by atoms with Crippen LogP contribution in [0.3, 0.4) is 0 Å². The van der Waals surface area contributed by atoms with Crippen molar-refractivity contribution in [2.45, 2.75) is 39.3 Å². The molecule has 1 aromatic heterocycles. The van der Waals surface area contributed by atoms with Crippen LogP contribution >= 0.6 is 0 Å². The summed E-state index contributed by atoms with van der Waals surface area (Å²) >= 11 is 0. The molecule has 0 fully saturated rings. The predicted octanol–water partition coefficient (Wildman–Crippen LogP) is 0.630.